The lowest BCUT2D eigenvalue weighted by Crippen LogP contribution is -2.27. The first-order valence-corrected chi connectivity index (χ1v) is 5.84. The first-order chi connectivity index (χ1) is 9.15. The summed E-state index contributed by atoms with van der Waals surface area (Å²) in [6.07, 6.45) is 0. The molecule has 1 N–H and O–H groups in total. The largest absolute Gasteiger partial charge is 0.480 e. The topological polar surface area (TPSA) is 84.1 Å². The van der Waals surface area contributed by atoms with Crippen molar-refractivity contribution in [3.63, 3.8) is 0 Å². The highest BCUT2D eigenvalue weighted by atomic mass is 16.4. The molecule has 7 heteroatoms. The van der Waals surface area contributed by atoms with Gasteiger partial charge in [0.2, 0.25) is 0 Å². The van der Waals surface area contributed by atoms with Gasteiger partial charge in [0.25, 0.3) is 0 Å². The van der Waals surface area contributed by atoms with E-state index in [0.717, 1.165) is 5.56 Å². The first-order valence-electron chi connectivity index (χ1n) is 5.84. The third-order valence-electron chi connectivity index (χ3n) is 2.60. The number of carbonyl (C=O) groups is 1. The summed E-state index contributed by atoms with van der Waals surface area (Å²) in [5, 5.41) is 20.2. The van der Waals surface area contributed by atoms with Crippen molar-refractivity contribution in [2.75, 3.05) is 13.6 Å². The van der Waals surface area contributed by atoms with Crippen molar-refractivity contribution in [2.24, 2.45) is 0 Å². The summed E-state index contributed by atoms with van der Waals surface area (Å²) in [5.41, 5.74) is 1.09. The number of nitrogens with zero attached hydrogens (tertiary/aromatic N) is 5. The number of aromatic nitrogens is 4. The van der Waals surface area contributed by atoms with Gasteiger partial charge < -0.3 is 5.11 Å². The molecule has 1 aromatic heterocycles. The SMILES string of the molecule is CN(CC(=O)O)Cc1nnnn1Cc1ccccc1. The zero-order chi connectivity index (χ0) is 13.7. The van der Waals surface area contributed by atoms with Crippen LogP contribution < -0.4 is 0 Å². The van der Waals surface area contributed by atoms with Gasteiger partial charge in [-0.25, -0.2) is 4.68 Å². The monoisotopic (exact) mass is 261 g/mol. The second-order valence-corrected chi connectivity index (χ2v) is 4.30. The Bertz CT molecular complexity index is 540. The maximum Gasteiger partial charge on any atom is 0.317 e. The lowest BCUT2D eigenvalue weighted by molar-refractivity contribution is -0.138. The predicted molar refractivity (Wildman–Crippen MR) is 67.3 cm³/mol. The molecule has 7 nitrogen and oxygen atoms in total. The summed E-state index contributed by atoms with van der Waals surface area (Å²) in [5.74, 6) is -0.225. The Hall–Kier alpha value is -2.28. The molecular weight excluding hydrogens is 246 g/mol. The van der Waals surface area contributed by atoms with Crippen molar-refractivity contribution in [2.45, 2.75) is 13.1 Å². The number of tetrazole rings is 1. The fourth-order valence-electron chi connectivity index (χ4n) is 1.74. The zero-order valence-corrected chi connectivity index (χ0v) is 10.6. The fraction of sp³-hybridized carbons (Fsp3) is 0.333. The van der Waals surface area contributed by atoms with Crippen LogP contribution in [0.15, 0.2) is 30.3 Å². The van der Waals surface area contributed by atoms with Crippen LogP contribution in [0.3, 0.4) is 0 Å². The van der Waals surface area contributed by atoms with Crippen LogP contribution in [0.1, 0.15) is 11.4 Å². The normalized spacial score (nSPS) is 10.8. The maximum absolute atomic E-state index is 10.6. The molecule has 2 aromatic rings. The third kappa shape index (κ3) is 3.85. The highest BCUT2D eigenvalue weighted by Gasteiger charge is 2.11. The summed E-state index contributed by atoms with van der Waals surface area (Å²) < 4.78 is 1.67. The summed E-state index contributed by atoms with van der Waals surface area (Å²) in [6.45, 7) is 0.925. The predicted octanol–water partition coefficient (Wildman–Crippen LogP) is 0.238. The number of carboxylic acid groups (broad SMARTS) is 1. The second kappa shape index (κ2) is 6.05. The van der Waals surface area contributed by atoms with E-state index in [1.54, 1.807) is 16.6 Å². The number of hydrogen-bond acceptors (Lipinski definition) is 5. The van der Waals surface area contributed by atoms with Crippen molar-refractivity contribution in [1.82, 2.24) is 25.1 Å². The van der Waals surface area contributed by atoms with Gasteiger partial charge in [-0.3, -0.25) is 9.69 Å². The third-order valence-corrected chi connectivity index (χ3v) is 2.60. The van der Waals surface area contributed by atoms with Crippen LogP contribution in [0.4, 0.5) is 0 Å². The first kappa shape index (κ1) is 13.2. The maximum atomic E-state index is 10.6. The van der Waals surface area contributed by atoms with Crippen LogP contribution in [0, 0.1) is 0 Å². The molecule has 0 unspecified atom stereocenters. The lowest BCUT2D eigenvalue weighted by atomic mass is 10.2. The quantitative estimate of drug-likeness (QED) is 0.801. The van der Waals surface area contributed by atoms with E-state index in [1.807, 2.05) is 30.3 Å². The van der Waals surface area contributed by atoms with Crippen LogP contribution in [-0.2, 0) is 17.9 Å². The molecule has 0 aliphatic heterocycles. The molecule has 0 aliphatic rings. The Morgan fingerprint density at radius 2 is 2.11 bits per heavy atom. The summed E-state index contributed by atoms with van der Waals surface area (Å²) in [6, 6.07) is 9.84. The van der Waals surface area contributed by atoms with E-state index < -0.39 is 5.97 Å². The number of rotatable bonds is 6. The molecule has 0 saturated carbocycles. The van der Waals surface area contributed by atoms with E-state index in [2.05, 4.69) is 15.5 Å². The van der Waals surface area contributed by atoms with Gasteiger partial charge >= 0.3 is 5.97 Å². The fourth-order valence-corrected chi connectivity index (χ4v) is 1.74. The molecule has 100 valence electrons. The molecule has 0 spiro atoms. The molecule has 2 rings (SSSR count). The van der Waals surface area contributed by atoms with E-state index in [9.17, 15) is 4.79 Å². The minimum atomic E-state index is -0.871. The van der Waals surface area contributed by atoms with E-state index in [0.29, 0.717) is 18.9 Å². The molecule has 0 atom stereocenters. The van der Waals surface area contributed by atoms with Crippen LogP contribution >= 0.6 is 0 Å². The Morgan fingerprint density at radius 1 is 1.37 bits per heavy atom. The summed E-state index contributed by atoms with van der Waals surface area (Å²) in [4.78, 5) is 12.3. The van der Waals surface area contributed by atoms with Crippen LogP contribution in [-0.4, -0.2) is 49.8 Å². The van der Waals surface area contributed by atoms with E-state index in [-0.39, 0.29) is 6.54 Å². The van der Waals surface area contributed by atoms with Crippen molar-refractivity contribution < 1.29 is 9.90 Å². The Labute approximate surface area is 110 Å². The summed E-state index contributed by atoms with van der Waals surface area (Å²) in [7, 11) is 1.72. The van der Waals surface area contributed by atoms with Gasteiger partial charge in [-0.05, 0) is 23.0 Å². The van der Waals surface area contributed by atoms with Gasteiger partial charge in [0.15, 0.2) is 5.82 Å². The summed E-state index contributed by atoms with van der Waals surface area (Å²) >= 11 is 0. The van der Waals surface area contributed by atoms with Gasteiger partial charge in [-0.2, -0.15) is 0 Å². The molecule has 0 aliphatic carbocycles. The van der Waals surface area contributed by atoms with Crippen molar-refractivity contribution >= 4 is 5.97 Å². The zero-order valence-electron chi connectivity index (χ0n) is 10.6. The Kier molecular flexibility index (Phi) is 4.19. The van der Waals surface area contributed by atoms with Gasteiger partial charge in [0, 0.05) is 0 Å². The smallest absolute Gasteiger partial charge is 0.317 e. The highest BCUT2D eigenvalue weighted by Crippen LogP contribution is 2.04. The molecule has 0 radical (unpaired) electrons. The van der Waals surface area contributed by atoms with Crippen LogP contribution in [0.5, 0.6) is 0 Å². The number of likely N-dealkylation sites (N-methyl/N-ethyl adjacent to an activating group) is 1. The molecule has 1 heterocycles. The van der Waals surface area contributed by atoms with E-state index in [1.165, 1.54) is 0 Å². The molecule has 0 fully saturated rings. The standard InChI is InChI=1S/C12H15N5O2/c1-16(9-12(18)19)8-11-13-14-15-17(11)7-10-5-3-2-4-6-10/h2-6H,7-9H2,1H3,(H,18,19). The molecular formula is C12H15N5O2. The highest BCUT2D eigenvalue weighted by molar-refractivity contribution is 5.68. The second-order valence-electron chi connectivity index (χ2n) is 4.30. The number of carboxylic acids is 1. The average molecular weight is 261 g/mol. The molecule has 19 heavy (non-hydrogen) atoms. The average Bonchev–Trinajstić information content (AvgIpc) is 2.77. The molecule has 0 bridgehead atoms. The van der Waals surface area contributed by atoms with Gasteiger partial charge in [-0.15, -0.1) is 5.10 Å². The molecule has 1 aromatic carbocycles. The van der Waals surface area contributed by atoms with Gasteiger partial charge in [0.05, 0.1) is 19.6 Å². The minimum absolute atomic E-state index is 0.0435. The van der Waals surface area contributed by atoms with Crippen molar-refractivity contribution in [3.05, 3.63) is 41.7 Å². The van der Waals surface area contributed by atoms with E-state index >= 15 is 0 Å². The number of aliphatic carboxylic acids is 1. The Morgan fingerprint density at radius 3 is 2.79 bits per heavy atom. The Balaban J connectivity index is 2.03. The van der Waals surface area contributed by atoms with Gasteiger partial charge in [0.1, 0.15) is 0 Å². The lowest BCUT2D eigenvalue weighted by Gasteiger charge is -2.13. The van der Waals surface area contributed by atoms with Gasteiger partial charge in [-0.1, -0.05) is 30.3 Å². The number of benzene rings is 1. The molecule has 0 saturated heterocycles. The molecule has 0 amide bonds. The minimum Gasteiger partial charge on any atom is -0.480 e. The van der Waals surface area contributed by atoms with E-state index in [4.69, 9.17) is 5.11 Å². The van der Waals surface area contributed by atoms with Crippen molar-refractivity contribution in [3.8, 4) is 0 Å². The van der Waals surface area contributed by atoms with Crippen LogP contribution in [0.2, 0.25) is 0 Å². The number of hydrogen-bond donors (Lipinski definition) is 1. The van der Waals surface area contributed by atoms with Crippen LogP contribution in [0.25, 0.3) is 0 Å². The van der Waals surface area contributed by atoms with Crippen molar-refractivity contribution in [1.29, 1.82) is 0 Å².